The van der Waals surface area contributed by atoms with Crippen LogP contribution in [0.2, 0.25) is 0 Å². The van der Waals surface area contributed by atoms with Gasteiger partial charge in [0.2, 0.25) is 0 Å². The third-order valence-electron chi connectivity index (χ3n) is 6.13. The first-order valence-electron chi connectivity index (χ1n) is 12.6. The van der Waals surface area contributed by atoms with Crippen molar-refractivity contribution in [2.75, 3.05) is 50.8 Å². The molecule has 2 aromatic rings. The van der Waals surface area contributed by atoms with Crippen LogP contribution in [-0.2, 0) is 31.2 Å². The first-order chi connectivity index (χ1) is 17.2. The Morgan fingerprint density at radius 2 is 1.37 bits per heavy atom. The predicted molar refractivity (Wildman–Crippen MR) is 140 cm³/mol. The minimum absolute atomic E-state index is 0.171. The molecule has 2 aromatic carbocycles. The average Bonchev–Trinajstić information content (AvgIpc) is 2.90. The molecule has 2 N–H and O–H groups in total. The molecular weight excluding hydrogens is 465 g/mol. The van der Waals surface area contributed by atoms with Gasteiger partial charge < -0.3 is 10.3 Å². The molecule has 0 bridgehead atoms. The van der Waals surface area contributed by atoms with Crippen LogP contribution in [0.3, 0.4) is 0 Å². The van der Waals surface area contributed by atoms with Gasteiger partial charge in [0.1, 0.15) is 6.67 Å². The molecule has 1 aliphatic rings. The minimum atomic E-state index is -0.442. The summed E-state index contributed by atoms with van der Waals surface area (Å²) < 4.78 is 12.7. The SMILES string of the molecule is OCCCN(CCCCN(O)Cc1ccc(CON2CCSCC2)cc1)Cc1ccc(CF)cc1. The summed E-state index contributed by atoms with van der Waals surface area (Å²) >= 11 is 1.97. The molecule has 1 aliphatic heterocycles. The molecule has 0 aliphatic carbocycles. The van der Waals surface area contributed by atoms with Crippen molar-refractivity contribution in [1.29, 1.82) is 0 Å². The molecule has 0 radical (unpaired) electrons. The number of nitrogens with zero attached hydrogens (tertiary/aromatic N) is 3. The standard InChI is InChI=1S/C27H40FN3O3S/c28-20-24-4-6-25(7-5-24)21-29(13-3-17-32)12-1-2-14-30(33)22-26-8-10-27(11-9-26)23-34-31-15-18-35-19-16-31/h4-11,32-33H,1-3,12-23H2. The highest BCUT2D eigenvalue weighted by Crippen LogP contribution is 2.14. The van der Waals surface area contributed by atoms with Crippen molar-refractivity contribution in [1.82, 2.24) is 15.0 Å². The van der Waals surface area contributed by atoms with Gasteiger partial charge in [0.15, 0.2) is 0 Å². The second-order valence-electron chi connectivity index (χ2n) is 9.03. The fourth-order valence-corrected chi connectivity index (χ4v) is 4.93. The quantitative estimate of drug-likeness (QED) is 0.257. The van der Waals surface area contributed by atoms with Crippen molar-refractivity contribution in [3.63, 3.8) is 0 Å². The lowest BCUT2D eigenvalue weighted by Crippen LogP contribution is -2.32. The van der Waals surface area contributed by atoms with Crippen LogP contribution in [0, 0.1) is 0 Å². The van der Waals surface area contributed by atoms with Gasteiger partial charge in [0, 0.05) is 57.4 Å². The second-order valence-corrected chi connectivity index (χ2v) is 10.3. The molecule has 0 unspecified atom stereocenters. The van der Waals surface area contributed by atoms with E-state index in [1.54, 1.807) is 0 Å². The van der Waals surface area contributed by atoms with Gasteiger partial charge in [-0.3, -0.25) is 9.74 Å². The molecule has 194 valence electrons. The van der Waals surface area contributed by atoms with E-state index in [1.807, 2.05) is 41.1 Å². The molecule has 1 heterocycles. The van der Waals surface area contributed by atoms with Crippen molar-refractivity contribution in [2.45, 2.75) is 45.6 Å². The Bertz CT molecular complexity index is 819. The van der Waals surface area contributed by atoms with Gasteiger partial charge in [0.05, 0.1) is 6.61 Å². The number of halogens is 1. The van der Waals surface area contributed by atoms with E-state index in [0.29, 0.717) is 25.3 Å². The maximum absolute atomic E-state index is 12.7. The number of aliphatic hydroxyl groups is 1. The normalized spacial score (nSPS) is 14.8. The zero-order valence-corrected chi connectivity index (χ0v) is 21.5. The number of aliphatic hydroxyl groups excluding tert-OH is 1. The van der Waals surface area contributed by atoms with Gasteiger partial charge in [-0.2, -0.15) is 21.9 Å². The molecule has 8 heteroatoms. The van der Waals surface area contributed by atoms with Crippen LogP contribution in [0.1, 0.15) is 41.5 Å². The Morgan fingerprint density at radius 1 is 0.800 bits per heavy atom. The van der Waals surface area contributed by atoms with E-state index >= 15 is 0 Å². The van der Waals surface area contributed by atoms with Gasteiger partial charge in [-0.05, 0) is 48.1 Å². The summed E-state index contributed by atoms with van der Waals surface area (Å²) in [7, 11) is 0. The van der Waals surface area contributed by atoms with Gasteiger partial charge >= 0.3 is 0 Å². The summed E-state index contributed by atoms with van der Waals surface area (Å²) in [5.41, 5.74) is 4.05. The lowest BCUT2D eigenvalue weighted by Gasteiger charge is -2.25. The van der Waals surface area contributed by atoms with Crippen LogP contribution in [-0.4, -0.2) is 76.2 Å². The van der Waals surface area contributed by atoms with Gasteiger partial charge in [-0.15, -0.1) is 0 Å². The molecule has 0 atom stereocenters. The fourth-order valence-electron chi connectivity index (χ4n) is 4.06. The number of unbranched alkanes of at least 4 members (excludes halogenated alkanes) is 1. The first-order valence-corrected chi connectivity index (χ1v) is 13.8. The second kappa shape index (κ2) is 16.3. The molecule has 6 nitrogen and oxygen atoms in total. The largest absolute Gasteiger partial charge is 0.396 e. The van der Waals surface area contributed by atoms with E-state index in [0.717, 1.165) is 80.2 Å². The Balaban J connectivity index is 1.34. The number of thioether (sulfide) groups is 1. The highest BCUT2D eigenvalue weighted by molar-refractivity contribution is 7.99. The highest BCUT2D eigenvalue weighted by Gasteiger charge is 2.11. The summed E-state index contributed by atoms with van der Waals surface area (Å²) in [6, 6.07) is 15.9. The van der Waals surface area contributed by atoms with Gasteiger partial charge in [0.25, 0.3) is 0 Å². The van der Waals surface area contributed by atoms with Crippen LogP contribution in [0.25, 0.3) is 0 Å². The van der Waals surface area contributed by atoms with Crippen molar-refractivity contribution < 1.29 is 19.5 Å². The van der Waals surface area contributed by atoms with Crippen LogP contribution >= 0.6 is 11.8 Å². The zero-order chi connectivity index (χ0) is 24.7. The minimum Gasteiger partial charge on any atom is -0.396 e. The fraction of sp³-hybridized carbons (Fsp3) is 0.556. The van der Waals surface area contributed by atoms with E-state index in [9.17, 15) is 14.7 Å². The predicted octanol–water partition coefficient (Wildman–Crippen LogP) is 4.49. The summed E-state index contributed by atoms with van der Waals surface area (Å²) in [5, 5.41) is 23.0. The monoisotopic (exact) mass is 505 g/mol. The molecule has 0 amide bonds. The zero-order valence-electron chi connectivity index (χ0n) is 20.7. The van der Waals surface area contributed by atoms with E-state index in [2.05, 4.69) is 29.2 Å². The number of benzene rings is 2. The Labute approximate surface area is 213 Å². The van der Waals surface area contributed by atoms with E-state index < -0.39 is 6.67 Å². The van der Waals surface area contributed by atoms with Crippen molar-refractivity contribution in [3.05, 3.63) is 70.8 Å². The molecule has 3 rings (SSSR count). The third kappa shape index (κ3) is 11.0. The average molecular weight is 506 g/mol. The van der Waals surface area contributed by atoms with Crippen LogP contribution in [0.5, 0.6) is 0 Å². The number of alkyl halides is 1. The molecule has 0 saturated carbocycles. The van der Waals surface area contributed by atoms with E-state index in [4.69, 9.17) is 4.84 Å². The Kier molecular flexibility index (Phi) is 13.0. The molecular formula is C27H40FN3O3S. The van der Waals surface area contributed by atoms with Gasteiger partial charge in [-0.1, -0.05) is 48.5 Å². The summed E-state index contributed by atoms with van der Waals surface area (Å²) in [5.74, 6) is 2.25. The lowest BCUT2D eigenvalue weighted by molar-refractivity contribution is -0.163. The number of hydroxylamine groups is 4. The van der Waals surface area contributed by atoms with E-state index in [1.165, 1.54) is 5.06 Å². The maximum Gasteiger partial charge on any atom is 0.115 e. The smallest absolute Gasteiger partial charge is 0.115 e. The van der Waals surface area contributed by atoms with Crippen LogP contribution in [0.15, 0.2) is 48.5 Å². The van der Waals surface area contributed by atoms with Crippen molar-refractivity contribution in [3.8, 4) is 0 Å². The van der Waals surface area contributed by atoms with Crippen LogP contribution < -0.4 is 0 Å². The molecule has 1 fully saturated rings. The van der Waals surface area contributed by atoms with Crippen molar-refractivity contribution >= 4 is 11.8 Å². The molecule has 1 saturated heterocycles. The number of hydrogen-bond donors (Lipinski definition) is 2. The number of rotatable bonds is 16. The first kappa shape index (κ1) is 28.1. The molecule has 0 spiro atoms. The Hall–Kier alpha value is -1.52. The summed E-state index contributed by atoms with van der Waals surface area (Å²) in [6.07, 6.45) is 2.57. The lowest BCUT2D eigenvalue weighted by atomic mass is 10.1. The summed E-state index contributed by atoms with van der Waals surface area (Å²) in [4.78, 5) is 8.19. The highest BCUT2D eigenvalue weighted by atomic mass is 32.2. The van der Waals surface area contributed by atoms with E-state index in [-0.39, 0.29) is 6.61 Å². The van der Waals surface area contributed by atoms with Gasteiger partial charge in [-0.25, -0.2) is 4.39 Å². The molecule has 0 aromatic heterocycles. The Morgan fingerprint density at radius 3 is 2.03 bits per heavy atom. The molecule has 35 heavy (non-hydrogen) atoms. The maximum atomic E-state index is 12.7. The number of hydrogen-bond acceptors (Lipinski definition) is 7. The topological polar surface area (TPSA) is 59.4 Å². The van der Waals surface area contributed by atoms with Crippen LogP contribution in [0.4, 0.5) is 4.39 Å². The summed E-state index contributed by atoms with van der Waals surface area (Å²) in [6.45, 7) is 5.87. The van der Waals surface area contributed by atoms with Crippen molar-refractivity contribution in [2.24, 2.45) is 0 Å². The third-order valence-corrected chi connectivity index (χ3v) is 7.07.